The highest BCUT2D eigenvalue weighted by Crippen LogP contribution is 2.23. The number of hydrogen-bond donors (Lipinski definition) is 2. The van der Waals surface area contributed by atoms with Gasteiger partial charge < -0.3 is 10.3 Å². The molecule has 1 atom stereocenters. The minimum Gasteiger partial charge on any atom is -0.342 e. The van der Waals surface area contributed by atoms with Crippen molar-refractivity contribution in [1.82, 2.24) is 19.9 Å². The van der Waals surface area contributed by atoms with Gasteiger partial charge >= 0.3 is 0 Å². The Morgan fingerprint density at radius 3 is 3.00 bits per heavy atom. The molecule has 6 nitrogen and oxygen atoms in total. The first-order chi connectivity index (χ1) is 13.6. The molecule has 1 amide bonds. The van der Waals surface area contributed by atoms with Crippen LogP contribution in [0.1, 0.15) is 36.2 Å². The van der Waals surface area contributed by atoms with Gasteiger partial charge in [-0.1, -0.05) is 19.1 Å². The van der Waals surface area contributed by atoms with Gasteiger partial charge in [-0.3, -0.25) is 9.69 Å². The SMILES string of the molecule is CCc1nc(NC(=O)CN2CCC[C@H](Cc3nc4ccccc4[nH]3)C2)sc1C. The lowest BCUT2D eigenvalue weighted by Gasteiger charge is -2.31. The molecule has 1 aliphatic rings. The highest BCUT2D eigenvalue weighted by Gasteiger charge is 2.23. The van der Waals surface area contributed by atoms with E-state index in [0.29, 0.717) is 12.5 Å². The topological polar surface area (TPSA) is 73.9 Å². The van der Waals surface area contributed by atoms with Crippen LogP contribution in [-0.4, -0.2) is 45.4 Å². The summed E-state index contributed by atoms with van der Waals surface area (Å²) < 4.78 is 0. The normalized spacial score (nSPS) is 17.9. The number of imidazole rings is 1. The summed E-state index contributed by atoms with van der Waals surface area (Å²) in [4.78, 5) is 28.6. The van der Waals surface area contributed by atoms with Crippen molar-refractivity contribution in [3.05, 3.63) is 40.7 Å². The van der Waals surface area contributed by atoms with Gasteiger partial charge in [-0.2, -0.15) is 0 Å². The molecule has 1 aliphatic heterocycles. The number of aryl methyl sites for hydroxylation is 2. The summed E-state index contributed by atoms with van der Waals surface area (Å²) in [5, 5.41) is 3.69. The van der Waals surface area contributed by atoms with Gasteiger partial charge in [0.2, 0.25) is 5.91 Å². The zero-order chi connectivity index (χ0) is 19.5. The summed E-state index contributed by atoms with van der Waals surface area (Å²) >= 11 is 1.56. The minimum absolute atomic E-state index is 0.0285. The van der Waals surface area contributed by atoms with Crippen molar-refractivity contribution in [1.29, 1.82) is 0 Å². The molecule has 148 valence electrons. The van der Waals surface area contributed by atoms with Crippen LogP contribution < -0.4 is 5.32 Å². The number of nitrogens with zero attached hydrogens (tertiary/aromatic N) is 3. The Labute approximate surface area is 169 Å². The quantitative estimate of drug-likeness (QED) is 0.664. The molecule has 0 radical (unpaired) electrons. The molecule has 1 aromatic carbocycles. The second kappa shape index (κ2) is 8.41. The molecule has 2 aromatic heterocycles. The van der Waals surface area contributed by atoms with Gasteiger partial charge in [0.15, 0.2) is 5.13 Å². The lowest BCUT2D eigenvalue weighted by molar-refractivity contribution is -0.117. The smallest absolute Gasteiger partial charge is 0.240 e. The third-order valence-corrected chi connectivity index (χ3v) is 6.29. The first-order valence-corrected chi connectivity index (χ1v) is 10.8. The van der Waals surface area contributed by atoms with Gasteiger partial charge in [-0.15, -0.1) is 11.3 Å². The van der Waals surface area contributed by atoms with Crippen molar-refractivity contribution >= 4 is 33.4 Å². The number of thiazole rings is 1. The number of anilines is 1. The lowest BCUT2D eigenvalue weighted by Crippen LogP contribution is -2.41. The van der Waals surface area contributed by atoms with Crippen LogP contribution in [0.4, 0.5) is 5.13 Å². The van der Waals surface area contributed by atoms with E-state index in [1.807, 2.05) is 18.2 Å². The predicted octanol–water partition coefficient (Wildman–Crippen LogP) is 3.78. The molecule has 4 rings (SSSR count). The van der Waals surface area contributed by atoms with E-state index in [9.17, 15) is 4.79 Å². The Morgan fingerprint density at radius 2 is 2.21 bits per heavy atom. The summed E-state index contributed by atoms with van der Waals surface area (Å²) in [6.07, 6.45) is 4.13. The molecule has 1 fully saturated rings. The van der Waals surface area contributed by atoms with E-state index in [1.165, 1.54) is 11.3 Å². The molecular weight excluding hydrogens is 370 g/mol. The number of H-pyrrole nitrogens is 1. The molecule has 1 saturated heterocycles. The van der Waals surface area contributed by atoms with E-state index in [0.717, 1.165) is 60.0 Å². The van der Waals surface area contributed by atoms with Crippen LogP contribution >= 0.6 is 11.3 Å². The molecule has 0 spiro atoms. The van der Waals surface area contributed by atoms with Crippen molar-refractivity contribution in [3.8, 4) is 0 Å². The van der Waals surface area contributed by atoms with E-state index in [-0.39, 0.29) is 5.91 Å². The third-order valence-electron chi connectivity index (χ3n) is 5.36. The number of carbonyl (C=O) groups is 1. The average Bonchev–Trinajstić information content (AvgIpc) is 3.23. The Hall–Kier alpha value is -2.25. The third kappa shape index (κ3) is 4.42. The van der Waals surface area contributed by atoms with Crippen molar-refractivity contribution in [2.75, 3.05) is 25.0 Å². The number of aromatic amines is 1. The average molecular weight is 398 g/mol. The molecular formula is C21H27N5OS. The largest absolute Gasteiger partial charge is 0.342 e. The Bertz CT molecular complexity index is 930. The van der Waals surface area contributed by atoms with E-state index in [2.05, 4.69) is 40.1 Å². The number of nitrogens with one attached hydrogen (secondary N) is 2. The van der Waals surface area contributed by atoms with Crippen LogP contribution in [0, 0.1) is 12.8 Å². The van der Waals surface area contributed by atoms with Crippen LogP contribution in [0.5, 0.6) is 0 Å². The molecule has 28 heavy (non-hydrogen) atoms. The first-order valence-electron chi connectivity index (χ1n) is 10.0. The molecule has 3 heterocycles. The number of likely N-dealkylation sites (tertiary alicyclic amines) is 1. The summed E-state index contributed by atoms with van der Waals surface area (Å²) in [5.41, 5.74) is 3.19. The minimum atomic E-state index is 0.0285. The highest BCUT2D eigenvalue weighted by molar-refractivity contribution is 7.15. The Morgan fingerprint density at radius 1 is 1.36 bits per heavy atom. The van der Waals surface area contributed by atoms with Crippen LogP contribution in [0.15, 0.2) is 24.3 Å². The zero-order valence-electron chi connectivity index (χ0n) is 16.5. The number of fused-ring (bicyclic) bond motifs is 1. The molecule has 3 aromatic rings. The number of piperidine rings is 1. The monoisotopic (exact) mass is 397 g/mol. The fourth-order valence-corrected chi connectivity index (χ4v) is 4.93. The summed E-state index contributed by atoms with van der Waals surface area (Å²) in [6.45, 7) is 6.47. The highest BCUT2D eigenvalue weighted by atomic mass is 32.1. The summed E-state index contributed by atoms with van der Waals surface area (Å²) in [7, 11) is 0. The molecule has 0 saturated carbocycles. The number of para-hydroxylation sites is 2. The molecule has 0 aliphatic carbocycles. The zero-order valence-corrected chi connectivity index (χ0v) is 17.3. The molecule has 7 heteroatoms. The molecule has 0 unspecified atom stereocenters. The fourth-order valence-electron chi connectivity index (χ4n) is 4.01. The number of aromatic nitrogens is 3. The van der Waals surface area contributed by atoms with E-state index in [4.69, 9.17) is 4.98 Å². The van der Waals surface area contributed by atoms with Gasteiger partial charge in [0, 0.05) is 17.8 Å². The van der Waals surface area contributed by atoms with Crippen LogP contribution in [0.3, 0.4) is 0 Å². The number of rotatable bonds is 6. The fraction of sp³-hybridized carbons (Fsp3) is 0.476. The van der Waals surface area contributed by atoms with Crippen LogP contribution in [-0.2, 0) is 17.6 Å². The standard InChI is InChI=1S/C21H27N5OS/c1-3-16-14(2)28-21(24-16)25-20(27)13-26-10-6-7-15(12-26)11-19-22-17-8-4-5-9-18(17)23-19/h4-5,8-9,15H,3,6-7,10-13H2,1-2H3,(H,22,23)(H,24,25,27)/t15-/m1/s1. The van der Waals surface area contributed by atoms with Crippen molar-refractivity contribution < 1.29 is 4.79 Å². The van der Waals surface area contributed by atoms with Crippen molar-refractivity contribution in [2.24, 2.45) is 5.92 Å². The van der Waals surface area contributed by atoms with E-state index in [1.54, 1.807) is 11.3 Å². The van der Waals surface area contributed by atoms with Crippen molar-refractivity contribution in [3.63, 3.8) is 0 Å². The van der Waals surface area contributed by atoms with Gasteiger partial charge in [-0.25, -0.2) is 9.97 Å². The van der Waals surface area contributed by atoms with Gasteiger partial charge in [-0.05, 0) is 50.8 Å². The summed E-state index contributed by atoms with van der Waals surface area (Å²) in [6, 6.07) is 8.14. The molecule has 0 bridgehead atoms. The summed E-state index contributed by atoms with van der Waals surface area (Å²) in [5.74, 6) is 1.60. The van der Waals surface area contributed by atoms with Gasteiger partial charge in [0.05, 0.1) is 23.3 Å². The first kappa shape index (κ1) is 19.1. The lowest BCUT2D eigenvalue weighted by atomic mass is 9.94. The van der Waals surface area contributed by atoms with Crippen LogP contribution in [0.2, 0.25) is 0 Å². The number of amides is 1. The number of benzene rings is 1. The number of carbonyl (C=O) groups excluding carboxylic acids is 1. The maximum atomic E-state index is 12.5. The van der Waals surface area contributed by atoms with Gasteiger partial charge in [0.1, 0.15) is 5.82 Å². The van der Waals surface area contributed by atoms with Crippen LogP contribution in [0.25, 0.3) is 11.0 Å². The maximum Gasteiger partial charge on any atom is 0.240 e. The second-order valence-electron chi connectivity index (χ2n) is 7.57. The van der Waals surface area contributed by atoms with E-state index < -0.39 is 0 Å². The van der Waals surface area contributed by atoms with Gasteiger partial charge in [0.25, 0.3) is 0 Å². The Balaban J connectivity index is 1.32. The molecule has 2 N–H and O–H groups in total. The second-order valence-corrected chi connectivity index (χ2v) is 8.77. The Kier molecular flexibility index (Phi) is 5.73. The number of hydrogen-bond acceptors (Lipinski definition) is 5. The van der Waals surface area contributed by atoms with Crippen molar-refractivity contribution in [2.45, 2.75) is 39.5 Å². The predicted molar refractivity (Wildman–Crippen MR) is 114 cm³/mol. The van der Waals surface area contributed by atoms with E-state index >= 15 is 0 Å². The maximum absolute atomic E-state index is 12.5.